The first-order valence-electron chi connectivity index (χ1n) is 5.63. The second-order valence-electron chi connectivity index (χ2n) is 3.65. The number of benzene rings is 1. The third kappa shape index (κ3) is 2.96. The van der Waals surface area contributed by atoms with E-state index in [4.69, 9.17) is 14.0 Å². The predicted molar refractivity (Wildman–Crippen MR) is 72.1 cm³/mol. The quantitative estimate of drug-likeness (QED) is 0.807. The van der Waals surface area contributed by atoms with E-state index >= 15 is 0 Å². The van der Waals surface area contributed by atoms with Crippen molar-refractivity contribution in [3.05, 3.63) is 34.4 Å². The summed E-state index contributed by atoms with van der Waals surface area (Å²) in [5.41, 5.74) is 0.944. The van der Waals surface area contributed by atoms with Crippen LogP contribution >= 0.6 is 15.9 Å². The maximum absolute atomic E-state index is 11.5. The zero-order chi connectivity index (χ0) is 13.8. The molecule has 0 bridgehead atoms. The van der Waals surface area contributed by atoms with E-state index < -0.39 is 5.97 Å². The van der Waals surface area contributed by atoms with Crippen LogP contribution in [0.1, 0.15) is 17.4 Å². The van der Waals surface area contributed by atoms with E-state index in [9.17, 15) is 4.79 Å². The van der Waals surface area contributed by atoms with E-state index in [2.05, 4.69) is 21.1 Å². The van der Waals surface area contributed by atoms with Gasteiger partial charge in [-0.2, -0.15) is 0 Å². The Morgan fingerprint density at radius 3 is 2.84 bits per heavy atom. The lowest BCUT2D eigenvalue weighted by atomic mass is 10.1. The minimum Gasteiger partial charge on any atom is -0.496 e. The van der Waals surface area contributed by atoms with Gasteiger partial charge in [-0.1, -0.05) is 5.16 Å². The first-order valence-corrected chi connectivity index (χ1v) is 6.42. The van der Waals surface area contributed by atoms with Crippen LogP contribution in [0.4, 0.5) is 0 Å². The second kappa shape index (κ2) is 5.88. The SMILES string of the molecule is CCOC(=O)c1cc(-c2ccc(OC)c(Br)c2)on1. The molecule has 0 atom stereocenters. The summed E-state index contributed by atoms with van der Waals surface area (Å²) in [7, 11) is 1.59. The van der Waals surface area contributed by atoms with E-state index in [0.717, 1.165) is 10.0 Å². The van der Waals surface area contributed by atoms with Crippen molar-refractivity contribution in [2.24, 2.45) is 0 Å². The van der Waals surface area contributed by atoms with Crippen molar-refractivity contribution < 1.29 is 18.8 Å². The predicted octanol–water partition coefficient (Wildman–Crippen LogP) is 3.29. The van der Waals surface area contributed by atoms with Gasteiger partial charge in [-0.05, 0) is 41.1 Å². The molecule has 2 rings (SSSR count). The van der Waals surface area contributed by atoms with Gasteiger partial charge in [-0.3, -0.25) is 0 Å². The highest BCUT2D eigenvalue weighted by atomic mass is 79.9. The van der Waals surface area contributed by atoms with E-state index in [0.29, 0.717) is 18.1 Å². The molecular formula is C13H12BrNO4. The molecule has 5 nitrogen and oxygen atoms in total. The Hall–Kier alpha value is -1.82. The number of hydrogen-bond acceptors (Lipinski definition) is 5. The average molecular weight is 326 g/mol. The fourth-order valence-corrected chi connectivity index (χ4v) is 2.07. The molecule has 0 aliphatic carbocycles. The van der Waals surface area contributed by atoms with Gasteiger partial charge in [0.25, 0.3) is 0 Å². The molecular weight excluding hydrogens is 314 g/mol. The smallest absolute Gasteiger partial charge is 0.360 e. The number of methoxy groups -OCH3 is 1. The van der Waals surface area contributed by atoms with Crippen LogP contribution in [0.25, 0.3) is 11.3 Å². The highest BCUT2D eigenvalue weighted by Gasteiger charge is 2.15. The maximum atomic E-state index is 11.5. The second-order valence-corrected chi connectivity index (χ2v) is 4.50. The summed E-state index contributed by atoms with van der Waals surface area (Å²) < 4.78 is 15.9. The molecule has 0 radical (unpaired) electrons. The summed E-state index contributed by atoms with van der Waals surface area (Å²) in [6.07, 6.45) is 0. The lowest BCUT2D eigenvalue weighted by Crippen LogP contribution is -2.04. The Kier molecular flexibility index (Phi) is 4.21. The Balaban J connectivity index is 2.27. The van der Waals surface area contributed by atoms with E-state index in [-0.39, 0.29) is 5.69 Å². The highest BCUT2D eigenvalue weighted by Crippen LogP contribution is 2.30. The Morgan fingerprint density at radius 2 is 2.21 bits per heavy atom. The lowest BCUT2D eigenvalue weighted by Gasteiger charge is -2.03. The lowest BCUT2D eigenvalue weighted by molar-refractivity contribution is 0.0514. The molecule has 100 valence electrons. The van der Waals surface area contributed by atoms with Crippen molar-refractivity contribution in [3.8, 4) is 17.1 Å². The molecule has 6 heteroatoms. The first kappa shape index (κ1) is 13.6. The van der Waals surface area contributed by atoms with Crippen LogP contribution in [-0.4, -0.2) is 24.8 Å². The first-order chi connectivity index (χ1) is 9.15. The van der Waals surface area contributed by atoms with Gasteiger partial charge in [0.2, 0.25) is 0 Å². The summed E-state index contributed by atoms with van der Waals surface area (Å²) in [5, 5.41) is 3.69. The monoisotopic (exact) mass is 325 g/mol. The molecule has 1 heterocycles. The summed E-state index contributed by atoms with van der Waals surface area (Å²) in [5.74, 6) is 0.713. The largest absolute Gasteiger partial charge is 0.496 e. The average Bonchev–Trinajstić information content (AvgIpc) is 2.88. The van der Waals surface area contributed by atoms with E-state index in [1.54, 1.807) is 26.2 Å². The number of rotatable bonds is 4. The summed E-state index contributed by atoms with van der Waals surface area (Å²) >= 11 is 3.39. The molecule has 0 unspecified atom stereocenters. The van der Waals surface area contributed by atoms with Crippen LogP contribution in [0.5, 0.6) is 5.75 Å². The van der Waals surface area contributed by atoms with Gasteiger partial charge >= 0.3 is 5.97 Å². The molecule has 1 aromatic carbocycles. The number of carbonyl (C=O) groups is 1. The number of esters is 1. The minimum absolute atomic E-state index is 0.156. The van der Waals surface area contributed by atoms with Gasteiger partial charge in [0.15, 0.2) is 11.5 Å². The zero-order valence-corrected chi connectivity index (χ0v) is 12.1. The van der Waals surface area contributed by atoms with Crippen LogP contribution < -0.4 is 4.74 Å². The summed E-state index contributed by atoms with van der Waals surface area (Å²) in [6.45, 7) is 2.04. The van der Waals surface area contributed by atoms with E-state index in [1.807, 2.05) is 12.1 Å². The van der Waals surface area contributed by atoms with Crippen LogP contribution in [0.15, 0.2) is 33.3 Å². The molecule has 2 aromatic rings. The van der Waals surface area contributed by atoms with Gasteiger partial charge in [0.05, 0.1) is 18.2 Å². The van der Waals surface area contributed by atoms with Crippen molar-refractivity contribution >= 4 is 21.9 Å². The molecule has 0 spiro atoms. The number of nitrogens with zero attached hydrogens (tertiary/aromatic N) is 1. The van der Waals surface area contributed by atoms with E-state index in [1.165, 1.54) is 0 Å². The zero-order valence-electron chi connectivity index (χ0n) is 10.5. The third-order valence-corrected chi connectivity index (χ3v) is 3.05. The van der Waals surface area contributed by atoms with Crippen LogP contribution in [0.2, 0.25) is 0 Å². The highest BCUT2D eigenvalue weighted by molar-refractivity contribution is 9.10. The van der Waals surface area contributed by atoms with Gasteiger partial charge in [0.1, 0.15) is 5.75 Å². The molecule has 0 aliphatic rings. The standard InChI is InChI=1S/C13H12BrNO4/c1-3-18-13(16)10-7-12(19-15-10)8-4-5-11(17-2)9(14)6-8/h4-7H,3H2,1-2H3. The van der Waals surface area contributed by atoms with Crippen LogP contribution in [-0.2, 0) is 4.74 Å². The van der Waals surface area contributed by atoms with Gasteiger partial charge in [0, 0.05) is 11.6 Å². The molecule has 0 aliphatic heterocycles. The summed E-state index contributed by atoms with van der Waals surface area (Å²) in [6, 6.07) is 6.99. The van der Waals surface area contributed by atoms with Crippen molar-refractivity contribution in [2.75, 3.05) is 13.7 Å². The molecule has 0 N–H and O–H groups in total. The Morgan fingerprint density at radius 1 is 1.42 bits per heavy atom. The Labute approximate surface area is 118 Å². The number of ether oxygens (including phenoxy) is 2. The van der Waals surface area contributed by atoms with Crippen LogP contribution in [0, 0.1) is 0 Å². The minimum atomic E-state index is -0.495. The fraction of sp³-hybridized carbons (Fsp3) is 0.231. The molecule has 0 saturated heterocycles. The maximum Gasteiger partial charge on any atom is 0.360 e. The number of aromatic nitrogens is 1. The molecule has 0 amide bonds. The number of carbonyl (C=O) groups excluding carboxylic acids is 1. The van der Waals surface area contributed by atoms with Crippen molar-refractivity contribution in [1.29, 1.82) is 0 Å². The van der Waals surface area contributed by atoms with Crippen molar-refractivity contribution in [1.82, 2.24) is 5.16 Å². The molecule has 0 fully saturated rings. The van der Waals surface area contributed by atoms with Gasteiger partial charge in [-0.25, -0.2) is 4.79 Å². The Bertz CT molecular complexity index is 594. The van der Waals surface area contributed by atoms with Gasteiger partial charge in [-0.15, -0.1) is 0 Å². The number of hydrogen-bond donors (Lipinski definition) is 0. The van der Waals surface area contributed by atoms with Crippen molar-refractivity contribution in [3.63, 3.8) is 0 Å². The normalized spacial score (nSPS) is 10.3. The topological polar surface area (TPSA) is 61.6 Å². The van der Waals surface area contributed by atoms with Gasteiger partial charge < -0.3 is 14.0 Å². The van der Waals surface area contributed by atoms with Crippen molar-refractivity contribution in [2.45, 2.75) is 6.92 Å². The molecule has 0 saturated carbocycles. The molecule has 19 heavy (non-hydrogen) atoms. The van der Waals surface area contributed by atoms with Crippen LogP contribution in [0.3, 0.4) is 0 Å². The molecule has 1 aromatic heterocycles. The summed E-state index contributed by atoms with van der Waals surface area (Å²) in [4.78, 5) is 11.5. The third-order valence-electron chi connectivity index (χ3n) is 2.43. The fourth-order valence-electron chi connectivity index (χ4n) is 1.53. The number of halogens is 1.